The van der Waals surface area contributed by atoms with E-state index in [1.165, 1.54) is 11.4 Å². The van der Waals surface area contributed by atoms with Crippen molar-refractivity contribution in [2.75, 3.05) is 11.9 Å². The molecule has 0 radical (unpaired) electrons. The van der Waals surface area contributed by atoms with Crippen LogP contribution < -0.4 is 16.0 Å². The molecular formula is C15H14ClN3O4S. The zero-order chi connectivity index (χ0) is 17.5. The number of amides is 3. The summed E-state index contributed by atoms with van der Waals surface area (Å²) < 4.78 is 0. The number of rotatable bonds is 6. The first-order chi connectivity index (χ1) is 11.4. The van der Waals surface area contributed by atoms with Gasteiger partial charge in [0.15, 0.2) is 0 Å². The van der Waals surface area contributed by atoms with Crippen molar-refractivity contribution in [1.82, 2.24) is 10.6 Å². The van der Waals surface area contributed by atoms with E-state index in [0.29, 0.717) is 16.6 Å². The third-order valence-electron chi connectivity index (χ3n) is 2.88. The topological polar surface area (TPSA) is 108 Å². The van der Waals surface area contributed by atoms with Crippen LogP contribution in [0.25, 0.3) is 0 Å². The van der Waals surface area contributed by atoms with E-state index in [1.807, 2.05) is 0 Å². The Hall–Kier alpha value is -2.58. The summed E-state index contributed by atoms with van der Waals surface area (Å²) in [7, 11) is 0. The molecule has 0 unspecified atom stereocenters. The third-order valence-corrected chi connectivity index (χ3v) is 3.98. The molecule has 2 rings (SSSR count). The van der Waals surface area contributed by atoms with Gasteiger partial charge in [0.1, 0.15) is 0 Å². The summed E-state index contributed by atoms with van der Waals surface area (Å²) in [5.74, 6) is -1.51. The van der Waals surface area contributed by atoms with E-state index in [9.17, 15) is 14.4 Å². The van der Waals surface area contributed by atoms with Gasteiger partial charge in [-0.15, -0.1) is 11.3 Å². The largest absolute Gasteiger partial charge is 0.478 e. The fraction of sp³-hybridized carbons (Fsp3) is 0.133. The average Bonchev–Trinajstić information content (AvgIpc) is 3.01. The Labute approximate surface area is 146 Å². The smallest absolute Gasteiger partial charge is 0.336 e. The zero-order valence-electron chi connectivity index (χ0n) is 12.3. The van der Waals surface area contributed by atoms with Gasteiger partial charge in [0.2, 0.25) is 5.91 Å². The summed E-state index contributed by atoms with van der Waals surface area (Å²) in [6.45, 7) is 0.0737. The van der Waals surface area contributed by atoms with Crippen molar-refractivity contribution in [3.05, 3.63) is 51.9 Å². The highest BCUT2D eigenvalue weighted by atomic mass is 35.5. The quantitative estimate of drug-likeness (QED) is 0.629. The van der Waals surface area contributed by atoms with Crippen LogP contribution in [-0.2, 0) is 11.3 Å². The van der Waals surface area contributed by atoms with Crippen molar-refractivity contribution < 1.29 is 19.5 Å². The minimum Gasteiger partial charge on any atom is -0.478 e. The van der Waals surface area contributed by atoms with Gasteiger partial charge in [-0.1, -0.05) is 23.7 Å². The second-order valence-electron chi connectivity index (χ2n) is 4.72. The Balaban J connectivity index is 1.71. The van der Waals surface area contributed by atoms with E-state index >= 15 is 0 Å². The summed E-state index contributed by atoms with van der Waals surface area (Å²) in [5.41, 5.74) is 0.975. The lowest BCUT2D eigenvalue weighted by Gasteiger charge is -2.08. The molecule has 3 amide bonds. The minimum atomic E-state index is -1.06. The Morgan fingerprint density at radius 2 is 1.83 bits per heavy atom. The minimum absolute atomic E-state index is 0.101. The normalized spacial score (nSPS) is 10.0. The highest BCUT2D eigenvalue weighted by Gasteiger charge is 2.10. The first-order valence-electron chi connectivity index (χ1n) is 6.82. The van der Waals surface area contributed by atoms with Gasteiger partial charge in [0, 0.05) is 16.9 Å². The molecule has 0 atom stereocenters. The summed E-state index contributed by atoms with van der Waals surface area (Å²) in [5, 5.41) is 18.8. The van der Waals surface area contributed by atoms with Gasteiger partial charge >= 0.3 is 12.0 Å². The highest BCUT2D eigenvalue weighted by molar-refractivity contribution is 7.14. The third kappa shape index (κ3) is 5.56. The lowest BCUT2D eigenvalue weighted by atomic mass is 10.2. The van der Waals surface area contributed by atoms with Crippen molar-refractivity contribution in [2.45, 2.75) is 6.54 Å². The number of aromatic carboxylic acids is 1. The van der Waals surface area contributed by atoms with Crippen LogP contribution in [0.2, 0.25) is 5.02 Å². The lowest BCUT2D eigenvalue weighted by Crippen LogP contribution is -2.39. The van der Waals surface area contributed by atoms with Crippen LogP contribution in [0.15, 0.2) is 35.7 Å². The molecule has 0 saturated carbocycles. The number of anilines is 1. The Morgan fingerprint density at radius 3 is 2.46 bits per heavy atom. The van der Waals surface area contributed by atoms with Crippen molar-refractivity contribution in [3.8, 4) is 0 Å². The predicted molar refractivity (Wildman–Crippen MR) is 91.6 cm³/mol. The number of carbonyl (C=O) groups is 3. The van der Waals surface area contributed by atoms with E-state index in [-0.39, 0.29) is 12.1 Å². The molecule has 9 heteroatoms. The Kier molecular flexibility index (Phi) is 6.16. The summed E-state index contributed by atoms with van der Waals surface area (Å²) >= 11 is 6.87. The number of hydrogen-bond donors (Lipinski definition) is 4. The molecule has 2 aromatic rings. The molecule has 0 aliphatic heterocycles. The van der Waals surface area contributed by atoms with Crippen LogP contribution in [0.5, 0.6) is 0 Å². The molecule has 7 nitrogen and oxygen atoms in total. The van der Waals surface area contributed by atoms with E-state index in [4.69, 9.17) is 16.7 Å². The molecule has 1 aromatic heterocycles. The van der Waals surface area contributed by atoms with E-state index < -0.39 is 17.9 Å². The molecule has 0 saturated heterocycles. The maximum atomic E-state index is 11.7. The predicted octanol–water partition coefficient (Wildman–Crippen LogP) is 2.54. The summed E-state index contributed by atoms with van der Waals surface area (Å²) in [6, 6.07) is 7.87. The van der Waals surface area contributed by atoms with E-state index in [2.05, 4.69) is 16.0 Å². The number of halogens is 1. The van der Waals surface area contributed by atoms with Gasteiger partial charge in [-0.2, -0.15) is 0 Å². The van der Waals surface area contributed by atoms with Crippen LogP contribution in [0.1, 0.15) is 15.9 Å². The highest BCUT2D eigenvalue weighted by Crippen LogP contribution is 2.20. The molecule has 1 heterocycles. The lowest BCUT2D eigenvalue weighted by molar-refractivity contribution is -0.115. The van der Waals surface area contributed by atoms with Gasteiger partial charge in [-0.3, -0.25) is 4.79 Å². The van der Waals surface area contributed by atoms with Gasteiger partial charge in [-0.05, 0) is 23.8 Å². The molecule has 126 valence electrons. The van der Waals surface area contributed by atoms with E-state index in [0.717, 1.165) is 16.9 Å². The molecule has 0 spiro atoms. The maximum absolute atomic E-state index is 11.7. The van der Waals surface area contributed by atoms with Crippen LogP contribution in [-0.4, -0.2) is 29.6 Å². The Bertz CT molecular complexity index is 745. The average molecular weight is 368 g/mol. The van der Waals surface area contributed by atoms with Crippen molar-refractivity contribution in [3.63, 3.8) is 0 Å². The molecule has 0 bridgehead atoms. The summed E-state index contributed by atoms with van der Waals surface area (Å²) in [4.78, 5) is 34.1. The molecule has 0 aliphatic rings. The van der Waals surface area contributed by atoms with Crippen LogP contribution in [0, 0.1) is 0 Å². The number of urea groups is 1. The standard InChI is InChI=1S/C15H14ClN3O4S/c16-11-3-1-9(2-4-11)6-17-15(23)18-7-12(20)19-13-5-10(8-24-13)14(21)22/h1-5,8H,6-7H2,(H,19,20)(H,21,22)(H2,17,18,23). The molecule has 0 aliphatic carbocycles. The molecule has 1 aromatic carbocycles. The van der Waals surface area contributed by atoms with Gasteiger partial charge in [-0.25, -0.2) is 9.59 Å². The number of carboxylic acid groups (broad SMARTS) is 1. The number of nitrogens with one attached hydrogen (secondary N) is 3. The first-order valence-corrected chi connectivity index (χ1v) is 8.07. The van der Waals surface area contributed by atoms with Gasteiger partial charge in [0.05, 0.1) is 17.1 Å². The van der Waals surface area contributed by atoms with Crippen LogP contribution in [0.4, 0.5) is 9.80 Å². The molecular weight excluding hydrogens is 354 g/mol. The number of carbonyl (C=O) groups excluding carboxylic acids is 2. The van der Waals surface area contributed by atoms with Crippen molar-refractivity contribution >= 4 is 45.8 Å². The number of thiophene rings is 1. The summed E-state index contributed by atoms with van der Waals surface area (Å²) in [6.07, 6.45) is 0. The molecule has 24 heavy (non-hydrogen) atoms. The van der Waals surface area contributed by atoms with Gasteiger partial charge in [0.25, 0.3) is 0 Å². The monoisotopic (exact) mass is 367 g/mol. The molecule has 4 N–H and O–H groups in total. The molecule has 0 fully saturated rings. The van der Waals surface area contributed by atoms with Crippen molar-refractivity contribution in [2.24, 2.45) is 0 Å². The Morgan fingerprint density at radius 1 is 1.12 bits per heavy atom. The first kappa shape index (κ1) is 17.8. The SMILES string of the molecule is O=C(CNC(=O)NCc1ccc(Cl)cc1)Nc1cc(C(=O)O)cs1. The van der Waals surface area contributed by atoms with Crippen LogP contribution >= 0.6 is 22.9 Å². The fourth-order valence-corrected chi connectivity index (χ4v) is 2.62. The van der Waals surface area contributed by atoms with Crippen LogP contribution in [0.3, 0.4) is 0 Å². The van der Waals surface area contributed by atoms with Gasteiger partial charge < -0.3 is 21.1 Å². The maximum Gasteiger partial charge on any atom is 0.336 e. The second kappa shape index (κ2) is 8.32. The number of benzene rings is 1. The zero-order valence-corrected chi connectivity index (χ0v) is 13.9. The fourth-order valence-electron chi connectivity index (χ4n) is 1.70. The second-order valence-corrected chi connectivity index (χ2v) is 6.06. The number of carboxylic acids is 1. The number of hydrogen-bond acceptors (Lipinski definition) is 4. The van der Waals surface area contributed by atoms with E-state index in [1.54, 1.807) is 24.3 Å². The van der Waals surface area contributed by atoms with Crippen molar-refractivity contribution in [1.29, 1.82) is 0 Å².